The van der Waals surface area contributed by atoms with Gasteiger partial charge in [-0.05, 0) is 65.2 Å². The van der Waals surface area contributed by atoms with Gasteiger partial charge in [0.15, 0.2) is 0 Å². The summed E-state index contributed by atoms with van der Waals surface area (Å²) in [4.78, 5) is 0. The highest BCUT2D eigenvalue weighted by atomic mass is 79.9. The first-order valence-corrected chi connectivity index (χ1v) is 15.4. The molecule has 6 heteroatoms. The number of benzene rings is 3. The van der Waals surface area contributed by atoms with Crippen LogP contribution in [0.5, 0.6) is 0 Å². The molecule has 3 aromatic carbocycles. The lowest BCUT2D eigenvalue weighted by Crippen LogP contribution is -2.34. The topological polar surface area (TPSA) is 20.3 Å². The van der Waals surface area contributed by atoms with E-state index in [4.69, 9.17) is 0 Å². The number of aryl methyl sites for hydroxylation is 1. The molecule has 0 saturated carbocycles. The Labute approximate surface area is 221 Å². The molecule has 1 unspecified atom stereocenters. The smallest absolute Gasteiger partial charge is 0.253 e. The van der Waals surface area contributed by atoms with Crippen LogP contribution in [0.2, 0.25) is 0 Å². The van der Waals surface area contributed by atoms with Crippen molar-refractivity contribution in [1.29, 1.82) is 0 Å². The van der Waals surface area contributed by atoms with Crippen molar-refractivity contribution in [1.82, 2.24) is 0 Å². The molecule has 1 atom stereocenters. The summed E-state index contributed by atoms with van der Waals surface area (Å²) in [5, 5.41) is 4.09. The molecule has 2 aromatic heterocycles. The van der Waals surface area contributed by atoms with Crippen molar-refractivity contribution in [3.05, 3.63) is 135 Å². The highest BCUT2D eigenvalue weighted by Gasteiger charge is 2.46. The van der Waals surface area contributed by atoms with Gasteiger partial charge in [0.25, 0.3) is 7.29 Å². The van der Waals surface area contributed by atoms with Crippen LogP contribution in [0.4, 0.5) is 5.69 Å². The van der Waals surface area contributed by atoms with Gasteiger partial charge in [-0.3, -0.25) is 9.24 Å². The Morgan fingerprint density at radius 3 is 2.14 bits per heavy atom. The summed E-state index contributed by atoms with van der Waals surface area (Å²) in [6.45, 7) is 2.09. The normalized spacial score (nSPS) is 17.5. The monoisotopic (exact) mass is 573 g/mol. The molecule has 6 rings (SSSR count). The second-order valence-electron chi connectivity index (χ2n) is 8.41. The van der Waals surface area contributed by atoms with Gasteiger partial charge in [-0.1, -0.05) is 82.2 Å². The maximum absolute atomic E-state index is 15.5. The maximum atomic E-state index is 15.5. The van der Waals surface area contributed by atoms with Crippen molar-refractivity contribution in [2.24, 2.45) is 0 Å². The van der Waals surface area contributed by atoms with Crippen molar-refractivity contribution in [2.45, 2.75) is 6.92 Å². The lowest BCUT2D eigenvalue weighted by atomic mass is 9.94. The number of nitrogens with zero attached hydrogens (tertiary/aromatic N) is 1. The second kappa shape index (κ2) is 9.07. The van der Waals surface area contributed by atoms with E-state index in [2.05, 4.69) is 99.6 Å². The molecule has 0 N–H and O–H groups in total. The van der Waals surface area contributed by atoms with Crippen LogP contribution in [0.1, 0.15) is 22.3 Å². The number of rotatable bonds is 4. The van der Waals surface area contributed by atoms with Crippen LogP contribution in [0.3, 0.4) is 0 Å². The summed E-state index contributed by atoms with van der Waals surface area (Å²) < 4.78 is 20.5. The molecule has 0 saturated heterocycles. The minimum Gasteiger partial charge on any atom is -0.288 e. The Morgan fingerprint density at radius 1 is 0.743 bits per heavy atom. The van der Waals surface area contributed by atoms with Crippen LogP contribution in [-0.4, -0.2) is 0 Å². The lowest BCUT2D eigenvalue weighted by molar-refractivity contribution is 0.587. The molecule has 172 valence electrons. The average molecular weight is 575 g/mol. The van der Waals surface area contributed by atoms with Gasteiger partial charge in [-0.15, -0.1) is 22.7 Å². The Kier molecular flexibility index (Phi) is 5.90. The van der Waals surface area contributed by atoms with Gasteiger partial charge < -0.3 is 0 Å². The number of halogens is 1. The van der Waals surface area contributed by atoms with Crippen molar-refractivity contribution in [3.63, 3.8) is 0 Å². The largest absolute Gasteiger partial charge is 0.288 e. The van der Waals surface area contributed by atoms with E-state index >= 15 is 4.57 Å². The van der Waals surface area contributed by atoms with E-state index in [1.807, 2.05) is 35.7 Å². The van der Waals surface area contributed by atoms with E-state index in [1.54, 1.807) is 22.7 Å². The van der Waals surface area contributed by atoms with Gasteiger partial charge in [-0.2, -0.15) is 0 Å². The first kappa shape index (κ1) is 22.8. The van der Waals surface area contributed by atoms with Gasteiger partial charge in [0, 0.05) is 21.3 Å². The maximum Gasteiger partial charge on any atom is 0.253 e. The second-order valence-corrected chi connectivity index (χ2v) is 14.3. The summed E-state index contributed by atoms with van der Waals surface area (Å²) in [6.07, 6.45) is 0. The number of hydrogen-bond acceptors (Lipinski definition) is 3. The first-order valence-electron chi connectivity index (χ1n) is 11.2. The van der Waals surface area contributed by atoms with Crippen LogP contribution >= 0.6 is 45.9 Å². The fourth-order valence-corrected chi connectivity index (χ4v) is 11.0. The Morgan fingerprint density at radius 2 is 1.46 bits per heavy atom. The van der Waals surface area contributed by atoms with E-state index in [0.717, 1.165) is 47.4 Å². The summed E-state index contributed by atoms with van der Waals surface area (Å²) in [7, 11) is -3.19. The average Bonchev–Trinajstić information content (AvgIpc) is 3.59. The minimum atomic E-state index is -3.19. The van der Waals surface area contributed by atoms with Crippen LogP contribution in [0.15, 0.2) is 112 Å². The molecule has 0 bridgehead atoms. The van der Waals surface area contributed by atoms with Crippen molar-refractivity contribution >= 4 is 72.1 Å². The highest BCUT2D eigenvalue weighted by Crippen LogP contribution is 2.61. The summed E-state index contributed by atoms with van der Waals surface area (Å²) in [5.74, 6) is 0. The van der Waals surface area contributed by atoms with Gasteiger partial charge >= 0.3 is 0 Å². The fourth-order valence-electron chi connectivity index (χ4n) is 4.58. The standard InChI is InChI=1S/C29H21BrNOPS2/c1-20-9-11-22(12-10-20)28-27(21-13-15-23(30)16-14-21)25-17-19-35-29(25)33(32,26-8-5-18-34-26)31(28)24-6-3-2-4-7-24/h2-19H,1H3. The minimum absolute atomic E-state index is 0.893. The van der Waals surface area contributed by atoms with E-state index in [9.17, 15) is 0 Å². The molecule has 0 amide bonds. The number of hydrogen-bond donors (Lipinski definition) is 0. The predicted octanol–water partition coefficient (Wildman–Crippen LogP) is 8.55. The van der Waals surface area contributed by atoms with Crippen LogP contribution < -0.4 is 13.9 Å². The molecule has 1 aliphatic rings. The third kappa shape index (κ3) is 3.78. The molecular weight excluding hydrogens is 553 g/mol. The molecule has 0 aliphatic carbocycles. The molecule has 0 spiro atoms. The number of anilines is 1. The van der Waals surface area contributed by atoms with Gasteiger partial charge in [0.05, 0.1) is 14.9 Å². The summed E-state index contributed by atoms with van der Waals surface area (Å²) >= 11 is 6.74. The quantitative estimate of drug-likeness (QED) is 0.201. The van der Waals surface area contributed by atoms with Crippen LogP contribution in [0.25, 0.3) is 11.3 Å². The molecule has 0 fully saturated rings. The van der Waals surface area contributed by atoms with E-state index < -0.39 is 7.29 Å². The Hall–Kier alpha value is -2.69. The molecular formula is C29H21BrNOPS2. The molecule has 3 heterocycles. The zero-order valence-corrected chi connectivity index (χ0v) is 23.0. The lowest BCUT2D eigenvalue weighted by Gasteiger charge is -2.40. The van der Waals surface area contributed by atoms with Crippen molar-refractivity contribution < 1.29 is 4.57 Å². The Bertz CT molecular complexity index is 1570. The van der Waals surface area contributed by atoms with Gasteiger partial charge in [0.1, 0.15) is 0 Å². The summed E-state index contributed by atoms with van der Waals surface area (Å²) in [5.41, 5.74) is 7.39. The van der Waals surface area contributed by atoms with E-state index in [-0.39, 0.29) is 0 Å². The number of para-hydroxylation sites is 1. The van der Waals surface area contributed by atoms with Crippen molar-refractivity contribution in [2.75, 3.05) is 4.67 Å². The zero-order chi connectivity index (χ0) is 24.0. The SMILES string of the molecule is Cc1ccc(C2=C(c3ccc(Br)cc3)c3ccsc3P(=O)(c3cccs3)N2c2ccccc2)cc1. The molecule has 0 radical (unpaired) electrons. The Balaban J connectivity index is 1.78. The first-order chi connectivity index (χ1) is 17.1. The fraction of sp³-hybridized carbons (Fsp3) is 0.0345. The number of thiophene rings is 2. The molecule has 5 aromatic rings. The third-order valence-corrected chi connectivity index (χ3v) is 12.7. The number of fused-ring (bicyclic) bond motifs is 1. The predicted molar refractivity (Wildman–Crippen MR) is 156 cm³/mol. The molecule has 1 aliphatic heterocycles. The van der Waals surface area contributed by atoms with E-state index in [1.165, 1.54) is 5.56 Å². The highest BCUT2D eigenvalue weighted by molar-refractivity contribution is 9.10. The summed E-state index contributed by atoms with van der Waals surface area (Å²) in [6, 6.07) is 33.3. The van der Waals surface area contributed by atoms with Crippen LogP contribution in [0, 0.1) is 6.92 Å². The van der Waals surface area contributed by atoms with Gasteiger partial charge in [0.2, 0.25) is 0 Å². The van der Waals surface area contributed by atoms with Crippen LogP contribution in [-0.2, 0) is 4.57 Å². The molecule has 2 nitrogen and oxygen atoms in total. The van der Waals surface area contributed by atoms with E-state index in [0.29, 0.717) is 0 Å². The zero-order valence-electron chi connectivity index (χ0n) is 18.9. The van der Waals surface area contributed by atoms with Gasteiger partial charge in [-0.25, -0.2) is 0 Å². The van der Waals surface area contributed by atoms with Crippen molar-refractivity contribution in [3.8, 4) is 0 Å². The molecule has 35 heavy (non-hydrogen) atoms. The third-order valence-electron chi connectivity index (χ3n) is 6.18.